The molecule has 0 aromatic heterocycles. The van der Waals surface area contributed by atoms with Gasteiger partial charge in [0.2, 0.25) is 5.91 Å². The molecule has 1 saturated heterocycles. The molecule has 1 aliphatic heterocycles. The van der Waals surface area contributed by atoms with E-state index in [1.807, 2.05) is 17.0 Å². The van der Waals surface area contributed by atoms with Gasteiger partial charge in [-0.05, 0) is 36.5 Å². The number of rotatable bonds is 6. The molecule has 1 saturated carbocycles. The van der Waals surface area contributed by atoms with E-state index in [9.17, 15) is 4.79 Å². The van der Waals surface area contributed by atoms with E-state index in [0.29, 0.717) is 6.42 Å². The maximum atomic E-state index is 11.8. The molecule has 2 fully saturated rings. The first kappa shape index (κ1) is 19.0. The largest absolute Gasteiger partial charge is 0.356 e. The van der Waals surface area contributed by atoms with Crippen molar-refractivity contribution in [3.63, 3.8) is 0 Å². The standard InChI is InChI=1S/C18H26N4O.HI/c1-19-18(20-11-10-14-4-5-14)21-13-15-6-8-16(9-7-15)22-12-2-3-17(22)23;/h6-9,14H,2-5,10-13H2,1H3,(H2,19,20,21);1H. The second-order valence-corrected chi connectivity index (χ2v) is 6.40. The van der Waals surface area contributed by atoms with Crippen LogP contribution in [0.1, 0.15) is 37.7 Å². The summed E-state index contributed by atoms with van der Waals surface area (Å²) in [7, 11) is 1.80. The Morgan fingerprint density at radius 1 is 1.25 bits per heavy atom. The molecule has 1 aromatic rings. The van der Waals surface area contributed by atoms with Gasteiger partial charge >= 0.3 is 0 Å². The SMILES string of the molecule is CN=C(NCCC1CC1)NCc1ccc(N2CCCC2=O)cc1.I. The fourth-order valence-corrected chi connectivity index (χ4v) is 2.92. The lowest BCUT2D eigenvalue weighted by Crippen LogP contribution is -2.37. The zero-order valence-electron chi connectivity index (χ0n) is 14.3. The summed E-state index contributed by atoms with van der Waals surface area (Å²) in [6.07, 6.45) is 5.65. The molecular weight excluding hydrogens is 415 g/mol. The normalized spacial score (nSPS) is 17.6. The molecule has 0 bridgehead atoms. The van der Waals surface area contributed by atoms with E-state index >= 15 is 0 Å². The van der Waals surface area contributed by atoms with Gasteiger partial charge in [-0.2, -0.15) is 0 Å². The van der Waals surface area contributed by atoms with Crippen molar-refractivity contribution < 1.29 is 4.79 Å². The average Bonchev–Trinajstić information content (AvgIpc) is 3.30. The van der Waals surface area contributed by atoms with Crippen molar-refractivity contribution in [2.45, 2.75) is 38.6 Å². The van der Waals surface area contributed by atoms with Crippen molar-refractivity contribution in [1.82, 2.24) is 10.6 Å². The molecule has 132 valence electrons. The van der Waals surface area contributed by atoms with E-state index in [1.165, 1.54) is 24.8 Å². The van der Waals surface area contributed by atoms with Crippen molar-refractivity contribution in [2.75, 3.05) is 25.0 Å². The van der Waals surface area contributed by atoms with Crippen molar-refractivity contribution >= 4 is 41.5 Å². The van der Waals surface area contributed by atoms with Gasteiger partial charge in [-0.1, -0.05) is 25.0 Å². The van der Waals surface area contributed by atoms with Gasteiger partial charge in [0.05, 0.1) is 0 Å². The number of carbonyl (C=O) groups is 1. The zero-order chi connectivity index (χ0) is 16.1. The number of hydrogen-bond donors (Lipinski definition) is 2. The third-order valence-corrected chi connectivity index (χ3v) is 4.55. The van der Waals surface area contributed by atoms with Gasteiger partial charge in [-0.3, -0.25) is 9.79 Å². The van der Waals surface area contributed by atoms with Crippen LogP contribution in [0.15, 0.2) is 29.3 Å². The molecular formula is C18H27IN4O. The molecule has 1 aromatic carbocycles. The molecule has 5 nitrogen and oxygen atoms in total. The molecule has 1 heterocycles. The Balaban J connectivity index is 0.00000208. The van der Waals surface area contributed by atoms with Crippen LogP contribution in [0.4, 0.5) is 5.69 Å². The van der Waals surface area contributed by atoms with Crippen molar-refractivity contribution in [3.05, 3.63) is 29.8 Å². The fraction of sp³-hybridized carbons (Fsp3) is 0.556. The van der Waals surface area contributed by atoms with Crippen LogP contribution in [-0.4, -0.2) is 32.0 Å². The summed E-state index contributed by atoms with van der Waals surface area (Å²) >= 11 is 0. The number of hydrogen-bond acceptors (Lipinski definition) is 2. The smallest absolute Gasteiger partial charge is 0.227 e. The summed E-state index contributed by atoms with van der Waals surface area (Å²) in [6, 6.07) is 8.21. The number of amides is 1. The van der Waals surface area contributed by atoms with Gasteiger partial charge < -0.3 is 15.5 Å². The first-order valence-corrected chi connectivity index (χ1v) is 8.60. The van der Waals surface area contributed by atoms with Crippen molar-refractivity contribution in [2.24, 2.45) is 10.9 Å². The highest BCUT2D eigenvalue weighted by atomic mass is 127. The molecule has 1 aliphatic carbocycles. The molecule has 1 amide bonds. The summed E-state index contributed by atoms with van der Waals surface area (Å²) in [5.74, 6) is 2.02. The summed E-state index contributed by atoms with van der Waals surface area (Å²) < 4.78 is 0. The van der Waals surface area contributed by atoms with E-state index < -0.39 is 0 Å². The van der Waals surface area contributed by atoms with Crippen molar-refractivity contribution in [1.29, 1.82) is 0 Å². The molecule has 0 unspecified atom stereocenters. The Morgan fingerprint density at radius 3 is 2.58 bits per heavy atom. The van der Waals surface area contributed by atoms with Crippen LogP contribution in [0.2, 0.25) is 0 Å². The van der Waals surface area contributed by atoms with E-state index in [-0.39, 0.29) is 29.9 Å². The third-order valence-electron chi connectivity index (χ3n) is 4.55. The molecule has 24 heavy (non-hydrogen) atoms. The quantitative estimate of drug-likeness (QED) is 0.405. The molecule has 0 atom stereocenters. The number of carbonyl (C=O) groups excluding carboxylic acids is 1. The molecule has 2 aliphatic rings. The molecule has 6 heteroatoms. The zero-order valence-corrected chi connectivity index (χ0v) is 16.6. The van der Waals surface area contributed by atoms with E-state index in [0.717, 1.165) is 43.6 Å². The Labute approximate surface area is 161 Å². The molecule has 3 rings (SSSR count). The summed E-state index contributed by atoms with van der Waals surface area (Å²) in [6.45, 7) is 2.56. The third kappa shape index (κ3) is 5.36. The van der Waals surface area contributed by atoms with Gasteiger partial charge in [-0.15, -0.1) is 24.0 Å². The second kappa shape index (κ2) is 9.25. The minimum absolute atomic E-state index is 0. The van der Waals surface area contributed by atoms with E-state index in [2.05, 4.69) is 27.8 Å². The van der Waals surface area contributed by atoms with E-state index in [4.69, 9.17) is 0 Å². The highest BCUT2D eigenvalue weighted by molar-refractivity contribution is 14.0. The van der Waals surface area contributed by atoms with Crippen LogP contribution in [-0.2, 0) is 11.3 Å². The van der Waals surface area contributed by atoms with Crippen LogP contribution >= 0.6 is 24.0 Å². The molecule has 2 N–H and O–H groups in total. The topological polar surface area (TPSA) is 56.7 Å². The first-order chi connectivity index (χ1) is 11.3. The van der Waals surface area contributed by atoms with Crippen LogP contribution in [0, 0.1) is 5.92 Å². The van der Waals surface area contributed by atoms with E-state index in [1.54, 1.807) is 7.05 Å². The second-order valence-electron chi connectivity index (χ2n) is 6.40. The Hall–Kier alpha value is -1.31. The van der Waals surface area contributed by atoms with Crippen LogP contribution in [0.3, 0.4) is 0 Å². The van der Waals surface area contributed by atoms with Gasteiger partial charge in [-0.25, -0.2) is 0 Å². The van der Waals surface area contributed by atoms with Gasteiger partial charge in [0.15, 0.2) is 5.96 Å². The maximum Gasteiger partial charge on any atom is 0.227 e. The van der Waals surface area contributed by atoms with Crippen LogP contribution < -0.4 is 15.5 Å². The molecule has 0 radical (unpaired) electrons. The number of nitrogens with zero attached hydrogens (tertiary/aromatic N) is 2. The monoisotopic (exact) mass is 442 g/mol. The predicted molar refractivity (Wildman–Crippen MR) is 109 cm³/mol. The lowest BCUT2D eigenvalue weighted by molar-refractivity contribution is -0.117. The average molecular weight is 442 g/mol. The molecule has 0 spiro atoms. The number of nitrogens with one attached hydrogen (secondary N) is 2. The summed E-state index contributed by atoms with van der Waals surface area (Å²) in [4.78, 5) is 17.9. The number of guanidine groups is 1. The minimum atomic E-state index is 0. The van der Waals surface area contributed by atoms with Crippen molar-refractivity contribution in [3.8, 4) is 0 Å². The highest BCUT2D eigenvalue weighted by Gasteiger charge is 2.21. The predicted octanol–water partition coefficient (Wildman–Crippen LogP) is 2.90. The maximum absolute atomic E-state index is 11.8. The lowest BCUT2D eigenvalue weighted by Gasteiger charge is -2.16. The Kier molecular flexibility index (Phi) is 7.33. The Bertz CT molecular complexity index is 569. The number of benzene rings is 1. The van der Waals surface area contributed by atoms with Crippen LogP contribution in [0.25, 0.3) is 0 Å². The van der Waals surface area contributed by atoms with Gasteiger partial charge in [0, 0.05) is 38.8 Å². The fourth-order valence-electron chi connectivity index (χ4n) is 2.92. The summed E-state index contributed by atoms with van der Waals surface area (Å²) in [5.41, 5.74) is 2.19. The Morgan fingerprint density at radius 2 is 2.00 bits per heavy atom. The van der Waals surface area contributed by atoms with Gasteiger partial charge in [0.25, 0.3) is 0 Å². The number of anilines is 1. The number of aliphatic imine (C=N–C) groups is 1. The van der Waals surface area contributed by atoms with Crippen LogP contribution in [0.5, 0.6) is 0 Å². The lowest BCUT2D eigenvalue weighted by atomic mass is 10.2. The first-order valence-electron chi connectivity index (χ1n) is 8.60. The number of halogens is 1. The van der Waals surface area contributed by atoms with Gasteiger partial charge in [0.1, 0.15) is 0 Å². The minimum Gasteiger partial charge on any atom is -0.356 e. The summed E-state index contributed by atoms with van der Waals surface area (Å²) in [5, 5.41) is 6.69. The highest BCUT2D eigenvalue weighted by Crippen LogP contribution is 2.31.